The van der Waals surface area contributed by atoms with Gasteiger partial charge in [-0.3, -0.25) is 4.79 Å². The Labute approximate surface area is 294 Å². The van der Waals surface area contributed by atoms with Crippen LogP contribution in [0.3, 0.4) is 0 Å². The van der Waals surface area contributed by atoms with E-state index in [1.54, 1.807) is 5.56 Å². The van der Waals surface area contributed by atoms with Crippen molar-refractivity contribution >= 4 is 49.5 Å². The number of rotatable bonds is 6. The van der Waals surface area contributed by atoms with Gasteiger partial charge in [0.05, 0.1) is 17.8 Å². The summed E-state index contributed by atoms with van der Waals surface area (Å²) in [6.45, 7) is 6.77. The molecule has 5 nitrogen and oxygen atoms in total. The van der Waals surface area contributed by atoms with Gasteiger partial charge in [-0.2, -0.15) is 13.2 Å². The van der Waals surface area contributed by atoms with Gasteiger partial charge < -0.3 is 13.9 Å². The van der Waals surface area contributed by atoms with E-state index in [0.717, 1.165) is 13.5 Å². The summed E-state index contributed by atoms with van der Waals surface area (Å²) >= 11 is 0.839. The van der Waals surface area contributed by atoms with Gasteiger partial charge in [0, 0.05) is 24.7 Å². The molecular weight excluding hydrogens is 792 g/mol. The molecule has 0 aliphatic heterocycles. The number of ether oxygens (including phenoxy) is 2. The third-order valence-electron chi connectivity index (χ3n) is 10.3. The van der Waals surface area contributed by atoms with Gasteiger partial charge >= 0.3 is 159 Å². The number of methoxy groups -OCH3 is 2. The van der Waals surface area contributed by atoms with Crippen LogP contribution in [0, 0.1) is 18.8 Å². The zero-order chi connectivity index (χ0) is 35.3. The monoisotopic (exact) mass is 838 g/mol. The Morgan fingerprint density at radius 1 is 0.958 bits per heavy atom. The molecule has 260 valence electrons. The number of carbonyl (C=O) groups excluding carboxylic acids is 2. The van der Waals surface area contributed by atoms with Crippen molar-refractivity contribution in [2.45, 2.75) is 98.7 Å². The normalized spacial score (nSPS) is 19.8. The van der Waals surface area contributed by atoms with Gasteiger partial charge in [0.15, 0.2) is 5.78 Å². The van der Waals surface area contributed by atoms with Crippen LogP contribution in [0.15, 0.2) is 33.4 Å². The van der Waals surface area contributed by atoms with E-state index in [1.807, 2.05) is 0 Å². The molecule has 0 N–H and O–H groups in total. The van der Waals surface area contributed by atoms with E-state index in [1.165, 1.54) is 77.9 Å². The molecule has 3 aromatic rings. The second-order valence-electron chi connectivity index (χ2n) is 14.7. The topological polar surface area (TPSA) is 65.7 Å². The number of alkyl halides is 3. The van der Waals surface area contributed by atoms with Crippen molar-refractivity contribution < 1.29 is 36.7 Å². The summed E-state index contributed by atoms with van der Waals surface area (Å²) in [7, 11) is 2.50. The van der Waals surface area contributed by atoms with Crippen molar-refractivity contribution in [1.29, 1.82) is 0 Å². The van der Waals surface area contributed by atoms with Gasteiger partial charge in [-0.1, -0.05) is 0 Å². The fourth-order valence-electron chi connectivity index (χ4n) is 7.95. The van der Waals surface area contributed by atoms with Gasteiger partial charge in [0.2, 0.25) is 0 Å². The Kier molecular flexibility index (Phi) is 11.0. The van der Waals surface area contributed by atoms with Crippen molar-refractivity contribution in [3.8, 4) is 17.1 Å². The first-order valence-corrected chi connectivity index (χ1v) is 27.6. The summed E-state index contributed by atoms with van der Waals surface area (Å²) < 4.78 is 58.2. The Morgan fingerprint density at radius 3 is 2.15 bits per heavy atom. The van der Waals surface area contributed by atoms with Gasteiger partial charge in [0.25, 0.3) is 0 Å². The summed E-state index contributed by atoms with van der Waals surface area (Å²) in [5, 5.41) is 0. The summed E-state index contributed by atoms with van der Waals surface area (Å²) in [6, 6.07) is 5.29. The molecule has 3 aliphatic carbocycles. The van der Waals surface area contributed by atoms with Crippen LogP contribution in [-0.2, 0) is 23.8 Å². The fraction of sp³-hybridized carbons (Fsp3) is 0.526. The molecule has 1 saturated carbocycles. The summed E-state index contributed by atoms with van der Waals surface area (Å²) in [5.41, 5.74) is 4.76. The van der Waals surface area contributed by atoms with Crippen LogP contribution in [0.5, 0.6) is 5.75 Å². The van der Waals surface area contributed by atoms with Gasteiger partial charge in [-0.15, -0.1) is 0 Å². The summed E-state index contributed by atoms with van der Waals surface area (Å²) in [5.74, 6) is 0.914. The number of aryl methyl sites for hydroxylation is 1. The van der Waals surface area contributed by atoms with E-state index < -0.39 is 42.0 Å². The first kappa shape index (κ1) is 37.2. The van der Waals surface area contributed by atoms with Crippen LogP contribution >= 0.6 is 15.9 Å². The molecular formula is C38H46BrF3O5Sn. The second-order valence-corrected chi connectivity index (χ2v) is 29.9. The zero-order valence-electron chi connectivity index (χ0n) is 29.1. The molecule has 3 aliphatic rings. The molecule has 0 amide bonds. The number of fused-ring (bicyclic) bond motifs is 2. The molecule has 1 fully saturated rings. The maximum absolute atomic E-state index is 13.8. The minimum absolute atomic E-state index is 0.0446. The Balaban J connectivity index is 0.000000188. The molecule has 2 unspecified atom stereocenters. The van der Waals surface area contributed by atoms with Gasteiger partial charge in [-0.05, 0) is 33.6 Å². The number of furan rings is 1. The standard InChI is InChI=1S/C19H25O.C16H12BrF3O4.3CH3.Sn/c1-12(2)16-11-17-15(19(16)20)10-9-13(3)18(17)14-7-5-4-6-8-14;1-22-9-6-7-10(14(9)21)11(8-4-3-5-24-8)12(16(18,19)20)15(23-2)13(7)17;;;;/h9,12,14,16H,4-8,11H2,1-3H3;3-5,9H,6H2,1-2H3;3*1H3;. The summed E-state index contributed by atoms with van der Waals surface area (Å²) in [4.78, 5) is 33.2. The molecule has 0 spiro atoms. The van der Waals surface area contributed by atoms with E-state index >= 15 is 0 Å². The number of hydrogen-bond donors (Lipinski definition) is 0. The summed E-state index contributed by atoms with van der Waals surface area (Å²) in [6.07, 6.45) is 3.61. The molecule has 2 atom stereocenters. The van der Waals surface area contributed by atoms with E-state index in [0.29, 0.717) is 23.2 Å². The molecule has 1 heterocycles. The molecule has 10 heteroatoms. The average molecular weight is 838 g/mol. The van der Waals surface area contributed by atoms with Crippen LogP contribution in [0.2, 0.25) is 14.8 Å². The third kappa shape index (κ3) is 6.81. The van der Waals surface area contributed by atoms with Crippen molar-refractivity contribution in [2.75, 3.05) is 14.2 Å². The molecule has 48 heavy (non-hydrogen) atoms. The quantitative estimate of drug-likeness (QED) is 0.232. The van der Waals surface area contributed by atoms with Crippen molar-refractivity contribution in [1.82, 2.24) is 0 Å². The van der Waals surface area contributed by atoms with Crippen molar-refractivity contribution in [3.05, 3.63) is 67.9 Å². The number of benzene rings is 2. The van der Waals surface area contributed by atoms with Crippen molar-refractivity contribution in [3.63, 3.8) is 0 Å². The first-order chi connectivity index (χ1) is 22.5. The Bertz CT molecular complexity index is 1700. The van der Waals surface area contributed by atoms with Crippen LogP contribution in [0.4, 0.5) is 13.2 Å². The number of halogens is 4. The van der Waals surface area contributed by atoms with Gasteiger partial charge in [0.1, 0.15) is 23.2 Å². The Hall–Kier alpha value is -2.11. The maximum atomic E-state index is 13.8. The molecule has 6 rings (SSSR count). The number of Topliss-reactive ketones (excluding diaryl/α,β-unsaturated/α-hetero) is 2. The molecule has 1 aromatic heterocycles. The minimum atomic E-state index is -4.74. The number of hydrogen-bond acceptors (Lipinski definition) is 5. The number of carbonyl (C=O) groups is 2. The van der Waals surface area contributed by atoms with E-state index in [4.69, 9.17) is 13.9 Å². The van der Waals surface area contributed by atoms with Crippen LogP contribution in [-0.4, -0.2) is 50.3 Å². The first-order valence-electron chi connectivity index (χ1n) is 16.8. The van der Waals surface area contributed by atoms with E-state index in [9.17, 15) is 22.8 Å². The predicted molar refractivity (Wildman–Crippen MR) is 189 cm³/mol. The predicted octanol–water partition coefficient (Wildman–Crippen LogP) is 10.1. The molecule has 0 bridgehead atoms. The Morgan fingerprint density at radius 2 is 1.62 bits per heavy atom. The fourth-order valence-corrected chi connectivity index (χ4v) is 13.4. The number of ketones is 2. The zero-order valence-corrected chi connectivity index (χ0v) is 33.6. The van der Waals surface area contributed by atoms with E-state index in [2.05, 4.69) is 57.6 Å². The average Bonchev–Trinajstić information content (AvgIpc) is 3.75. The van der Waals surface area contributed by atoms with Crippen LogP contribution in [0.1, 0.15) is 100 Å². The van der Waals surface area contributed by atoms with Crippen LogP contribution < -0.4 is 8.32 Å². The van der Waals surface area contributed by atoms with Gasteiger partial charge in [-0.25, -0.2) is 0 Å². The second kappa shape index (κ2) is 14.3. The molecule has 0 radical (unpaired) electrons. The SMILES string of the molecule is COc1c(Br)c2c(c(-c3ccco3)c1C(F)(F)F)C(=O)C(OC)C2.Cc1c[c]([Sn]([CH3])([CH3])[CH3])c2c(c1C1CCCCC1)CC(C(C)C)C2=O. The van der Waals surface area contributed by atoms with Crippen molar-refractivity contribution in [2.24, 2.45) is 11.8 Å². The van der Waals surface area contributed by atoms with Crippen LogP contribution in [0.25, 0.3) is 11.3 Å². The molecule has 0 saturated heterocycles. The third-order valence-corrected chi connectivity index (χ3v) is 16.9. The van der Waals surface area contributed by atoms with E-state index in [-0.39, 0.29) is 39.4 Å². The molecule has 2 aromatic carbocycles.